The summed E-state index contributed by atoms with van der Waals surface area (Å²) in [6.07, 6.45) is 0. The minimum Gasteiger partial charge on any atom is -0.365 e. The number of amides is 1. The van der Waals surface area contributed by atoms with Gasteiger partial charge < -0.3 is 10.6 Å². The first-order valence-electron chi connectivity index (χ1n) is 6.77. The molecule has 0 fully saturated rings. The third kappa shape index (κ3) is 3.11. The van der Waals surface area contributed by atoms with Crippen LogP contribution in [0.1, 0.15) is 28.9 Å². The second-order valence-electron chi connectivity index (χ2n) is 5.29. The lowest BCUT2D eigenvalue weighted by Crippen LogP contribution is -2.16. The molecule has 4 heteroatoms. The van der Waals surface area contributed by atoms with Crippen molar-refractivity contribution in [2.45, 2.75) is 13.0 Å². The molecule has 0 aromatic heterocycles. The molecule has 0 bridgehead atoms. The van der Waals surface area contributed by atoms with Crippen LogP contribution >= 0.6 is 0 Å². The number of benzene rings is 2. The van der Waals surface area contributed by atoms with Crippen molar-refractivity contribution in [2.24, 2.45) is 5.73 Å². The summed E-state index contributed by atoms with van der Waals surface area (Å²) in [7, 11) is 4.02. The fraction of sp³-hybridized carbons (Fsp3) is 0.235. The molecule has 0 aliphatic heterocycles. The molecule has 0 saturated carbocycles. The monoisotopic (exact) mass is 286 g/mol. The van der Waals surface area contributed by atoms with E-state index in [4.69, 9.17) is 5.73 Å². The Labute approximate surface area is 124 Å². The van der Waals surface area contributed by atoms with E-state index in [1.807, 2.05) is 38.4 Å². The molecule has 0 radical (unpaired) electrons. The first-order chi connectivity index (χ1) is 9.91. The molecule has 2 rings (SSSR count). The Morgan fingerprint density at radius 1 is 1.14 bits per heavy atom. The zero-order valence-electron chi connectivity index (χ0n) is 12.4. The van der Waals surface area contributed by atoms with Gasteiger partial charge in [0.15, 0.2) is 0 Å². The number of hydrogen-bond acceptors (Lipinski definition) is 2. The van der Waals surface area contributed by atoms with E-state index in [1.54, 1.807) is 12.1 Å². The molecule has 0 heterocycles. The van der Waals surface area contributed by atoms with Crippen molar-refractivity contribution in [3.05, 3.63) is 59.4 Å². The normalized spacial score (nSPS) is 12.4. The van der Waals surface area contributed by atoms with E-state index in [0.29, 0.717) is 5.56 Å². The summed E-state index contributed by atoms with van der Waals surface area (Å²) in [6.45, 7) is 2.10. The van der Waals surface area contributed by atoms with Gasteiger partial charge in [0.25, 0.3) is 5.91 Å². The molecule has 0 aliphatic rings. The summed E-state index contributed by atoms with van der Waals surface area (Å²) in [5, 5.41) is 0. The zero-order chi connectivity index (χ0) is 15.6. The lowest BCUT2D eigenvalue weighted by molar-refractivity contribution is 0.0997. The number of hydrogen-bond donors (Lipinski definition) is 1. The molecule has 1 amide bonds. The highest BCUT2D eigenvalue weighted by atomic mass is 19.1. The van der Waals surface area contributed by atoms with Gasteiger partial charge in [0.2, 0.25) is 0 Å². The third-order valence-corrected chi connectivity index (χ3v) is 3.74. The minimum atomic E-state index is -0.756. The average Bonchev–Trinajstić information content (AvgIpc) is 2.46. The van der Waals surface area contributed by atoms with E-state index >= 15 is 0 Å². The summed E-state index contributed by atoms with van der Waals surface area (Å²) in [5.74, 6) is -1.35. The first kappa shape index (κ1) is 15.2. The van der Waals surface area contributed by atoms with Crippen molar-refractivity contribution >= 4 is 5.91 Å². The third-order valence-electron chi connectivity index (χ3n) is 3.74. The maximum atomic E-state index is 13.8. The smallest absolute Gasteiger partial charge is 0.252 e. The molecule has 110 valence electrons. The Hall–Kier alpha value is -2.20. The number of halogens is 1. The van der Waals surface area contributed by atoms with Gasteiger partial charge >= 0.3 is 0 Å². The fourth-order valence-corrected chi connectivity index (χ4v) is 2.25. The summed E-state index contributed by atoms with van der Waals surface area (Å²) < 4.78 is 13.8. The van der Waals surface area contributed by atoms with Crippen LogP contribution in [0.15, 0.2) is 42.5 Å². The van der Waals surface area contributed by atoms with Gasteiger partial charge in [0.05, 0.1) is 5.56 Å². The summed E-state index contributed by atoms with van der Waals surface area (Å²) >= 11 is 0. The molecule has 2 aromatic carbocycles. The lowest BCUT2D eigenvalue weighted by Gasteiger charge is -2.20. The molecule has 0 aliphatic carbocycles. The summed E-state index contributed by atoms with van der Waals surface area (Å²) in [6, 6.07) is 12.5. The van der Waals surface area contributed by atoms with E-state index < -0.39 is 11.7 Å². The van der Waals surface area contributed by atoms with E-state index in [-0.39, 0.29) is 11.6 Å². The van der Waals surface area contributed by atoms with Crippen LogP contribution in [-0.4, -0.2) is 24.9 Å². The molecular weight excluding hydrogens is 267 g/mol. The molecule has 1 unspecified atom stereocenters. The van der Waals surface area contributed by atoms with E-state index in [9.17, 15) is 9.18 Å². The average molecular weight is 286 g/mol. The Morgan fingerprint density at radius 2 is 1.76 bits per heavy atom. The van der Waals surface area contributed by atoms with Crippen molar-refractivity contribution in [1.82, 2.24) is 4.90 Å². The van der Waals surface area contributed by atoms with Gasteiger partial charge in [0, 0.05) is 6.04 Å². The second-order valence-corrected chi connectivity index (χ2v) is 5.29. The first-order valence-corrected chi connectivity index (χ1v) is 6.77. The maximum absolute atomic E-state index is 13.8. The predicted octanol–water partition coefficient (Wildman–Crippen LogP) is 3.21. The molecule has 3 nitrogen and oxygen atoms in total. The SMILES string of the molecule is CC(c1ccc(-c2cccc(F)c2C(N)=O)cc1)N(C)C. The van der Waals surface area contributed by atoms with Gasteiger partial charge in [-0.25, -0.2) is 4.39 Å². The number of carbonyl (C=O) groups excluding carboxylic acids is 1. The van der Waals surface area contributed by atoms with E-state index in [1.165, 1.54) is 6.07 Å². The van der Waals surface area contributed by atoms with Crippen molar-refractivity contribution < 1.29 is 9.18 Å². The van der Waals surface area contributed by atoms with Gasteiger partial charge in [0.1, 0.15) is 5.82 Å². The van der Waals surface area contributed by atoms with Crippen LogP contribution in [-0.2, 0) is 0 Å². The summed E-state index contributed by atoms with van der Waals surface area (Å²) in [4.78, 5) is 13.6. The Kier molecular flexibility index (Phi) is 4.38. The largest absolute Gasteiger partial charge is 0.365 e. The van der Waals surface area contributed by atoms with Crippen LogP contribution in [0, 0.1) is 5.82 Å². The Morgan fingerprint density at radius 3 is 2.29 bits per heavy atom. The number of primary amides is 1. The van der Waals surface area contributed by atoms with E-state index in [2.05, 4.69) is 11.8 Å². The van der Waals surface area contributed by atoms with Crippen molar-refractivity contribution in [3.63, 3.8) is 0 Å². The maximum Gasteiger partial charge on any atom is 0.252 e. The number of rotatable bonds is 4. The molecule has 21 heavy (non-hydrogen) atoms. The molecule has 2 aromatic rings. The standard InChI is InChI=1S/C17H19FN2O/c1-11(20(2)3)12-7-9-13(10-8-12)14-5-4-6-15(18)16(14)17(19)21/h4-11H,1-3H3,(H2,19,21). The quantitative estimate of drug-likeness (QED) is 0.938. The Balaban J connectivity index is 2.45. The number of nitrogens with zero attached hydrogens (tertiary/aromatic N) is 1. The van der Waals surface area contributed by atoms with Gasteiger partial charge in [-0.05, 0) is 43.8 Å². The van der Waals surface area contributed by atoms with Crippen LogP contribution in [0.3, 0.4) is 0 Å². The van der Waals surface area contributed by atoms with E-state index in [0.717, 1.165) is 11.1 Å². The van der Waals surface area contributed by atoms with Crippen LogP contribution in [0.2, 0.25) is 0 Å². The number of nitrogens with two attached hydrogens (primary N) is 1. The number of carbonyl (C=O) groups is 1. The highest BCUT2D eigenvalue weighted by Crippen LogP contribution is 2.27. The minimum absolute atomic E-state index is 0.0640. The molecule has 0 saturated heterocycles. The van der Waals surface area contributed by atoms with Gasteiger partial charge in [-0.2, -0.15) is 0 Å². The molecule has 0 spiro atoms. The fourth-order valence-electron chi connectivity index (χ4n) is 2.25. The van der Waals surface area contributed by atoms with Crippen LogP contribution in [0.4, 0.5) is 4.39 Å². The van der Waals surface area contributed by atoms with Crippen molar-refractivity contribution in [1.29, 1.82) is 0 Å². The van der Waals surface area contributed by atoms with Crippen LogP contribution < -0.4 is 5.73 Å². The zero-order valence-corrected chi connectivity index (χ0v) is 12.4. The van der Waals surface area contributed by atoms with Crippen molar-refractivity contribution in [2.75, 3.05) is 14.1 Å². The van der Waals surface area contributed by atoms with Crippen LogP contribution in [0.25, 0.3) is 11.1 Å². The van der Waals surface area contributed by atoms with Gasteiger partial charge in [-0.15, -0.1) is 0 Å². The second kappa shape index (κ2) is 6.06. The van der Waals surface area contributed by atoms with Crippen molar-refractivity contribution in [3.8, 4) is 11.1 Å². The molecular formula is C17H19FN2O. The highest BCUT2D eigenvalue weighted by molar-refractivity contribution is 6.00. The molecule has 2 N–H and O–H groups in total. The van der Waals surface area contributed by atoms with Gasteiger partial charge in [-0.3, -0.25) is 4.79 Å². The van der Waals surface area contributed by atoms with Crippen LogP contribution in [0.5, 0.6) is 0 Å². The Bertz CT molecular complexity index is 650. The van der Waals surface area contributed by atoms with Gasteiger partial charge in [-0.1, -0.05) is 36.4 Å². The molecule has 1 atom stereocenters. The summed E-state index contributed by atoms with van der Waals surface area (Å²) in [5.41, 5.74) is 7.67. The predicted molar refractivity (Wildman–Crippen MR) is 82.5 cm³/mol. The lowest BCUT2D eigenvalue weighted by atomic mass is 9.96. The highest BCUT2D eigenvalue weighted by Gasteiger charge is 2.15. The topological polar surface area (TPSA) is 46.3 Å².